The third-order valence-electron chi connectivity index (χ3n) is 5.57. The summed E-state index contributed by atoms with van der Waals surface area (Å²) < 4.78 is 67.1. The van der Waals surface area contributed by atoms with Gasteiger partial charge in [0.1, 0.15) is 0 Å². The zero-order valence-corrected chi connectivity index (χ0v) is 15.0. The lowest BCUT2D eigenvalue weighted by Gasteiger charge is -2.22. The summed E-state index contributed by atoms with van der Waals surface area (Å²) in [6.45, 7) is 1.12. The van der Waals surface area contributed by atoms with E-state index < -0.39 is 29.0 Å². The number of aromatic nitrogens is 1. The molecule has 2 aromatic rings. The van der Waals surface area contributed by atoms with Crippen LogP contribution in [0.4, 0.5) is 22.0 Å². The van der Waals surface area contributed by atoms with Crippen LogP contribution in [-0.4, -0.2) is 24.0 Å². The Morgan fingerprint density at radius 2 is 1.59 bits per heavy atom. The number of hydrogen-bond acceptors (Lipinski definition) is 2. The van der Waals surface area contributed by atoms with E-state index in [4.69, 9.17) is 0 Å². The number of alkyl halides is 5. The minimum Gasteiger partial charge on any atom is -0.317 e. The molecule has 1 aromatic carbocycles. The lowest BCUT2D eigenvalue weighted by molar-refractivity contribution is -0.137. The van der Waals surface area contributed by atoms with E-state index in [1.54, 1.807) is 18.2 Å². The number of piperidine rings is 1. The third kappa shape index (κ3) is 3.21. The maximum atomic E-state index is 14.5. The van der Waals surface area contributed by atoms with Crippen molar-refractivity contribution in [2.75, 3.05) is 13.1 Å². The van der Waals surface area contributed by atoms with Crippen LogP contribution in [0, 0.1) is 5.41 Å². The lowest BCUT2D eigenvalue weighted by atomic mass is 9.90. The normalized spacial score (nSPS) is 22.9. The predicted octanol–water partition coefficient (Wildman–Crippen LogP) is 5.29. The fourth-order valence-corrected chi connectivity index (χ4v) is 4.08. The molecule has 1 saturated heterocycles. The van der Waals surface area contributed by atoms with Crippen molar-refractivity contribution in [2.24, 2.45) is 5.41 Å². The maximum absolute atomic E-state index is 14.5. The summed E-state index contributed by atoms with van der Waals surface area (Å²) in [6.07, 6.45) is -3.61. The molecule has 2 aliphatic rings. The van der Waals surface area contributed by atoms with Gasteiger partial charge >= 0.3 is 6.18 Å². The first-order chi connectivity index (χ1) is 12.3. The van der Waals surface area contributed by atoms with Gasteiger partial charge in [-0.15, -0.1) is 12.4 Å². The molecule has 8 heteroatoms. The fourth-order valence-electron chi connectivity index (χ4n) is 4.08. The Bertz CT molecular complexity index is 814. The molecule has 1 N–H and O–H groups in total. The Morgan fingerprint density at radius 1 is 0.963 bits per heavy atom. The van der Waals surface area contributed by atoms with Crippen molar-refractivity contribution in [3.05, 3.63) is 53.7 Å². The number of pyridine rings is 1. The molecule has 1 aromatic heterocycles. The highest BCUT2D eigenvalue weighted by molar-refractivity contribution is 5.85. The van der Waals surface area contributed by atoms with E-state index in [0.717, 1.165) is 12.1 Å². The topological polar surface area (TPSA) is 24.9 Å². The average molecular weight is 405 g/mol. The van der Waals surface area contributed by atoms with E-state index in [9.17, 15) is 22.0 Å². The van der Waals surface area contributed by atoms with Gasteiger partial charge in [-0.1, -0.05) is 18.2 Å². The van der Waals surface area contributed by atoms with Gasteiger partial charge in [-0.3, -0.25) is 4.98 Å². The quantitative estimate of drug-likeness (QED) is 0.688. The Hall–Kier alpha value is -1.73. The van der Waals surface area contributed by atoms with E-state index in [1.165, 1.54) is 12.1 Å². The van der Waals surface area contributed by atoms with Crippen LogP contribution < -0.4 is 5.32 Å². The molecule has 146 valence electrons. The highest BCUT2D eigenvalue weighted by Crippen LogP contribution is 2.74. The molecule has 1 spiro atoms. The zero-order chi connectivity index (χ0) is 18.6. The minimum absolute atomic E-state index is 0. The van der Waals surface area contributed by atoms with Gasteiger partial charge in [-0.2, -0.15) is 13.2 Å². The van der Waals surface area contributed by atoms with Gasteiger partial charge in [0, 0.05) is 5.56 Å². The number of rotatable bonds is 2. The average Bonchev–Trinajstić information content (AvgIpc) is 3.08. The molecule has 0 radical (unpaired) electrons. The molecule has 4 rings (SSSR count). The molecule has 1 aliphatic carbocycles. The van der Waals surface area contributed by atoms with E-state index in [1.807, 2.05) is 0 Å². The first-order valence-corrected chi connectivity index (χ1v) is 8.49. The van der Waals surface area contributed by atoms with Crippen molar-refractivity contribution in [1.82, 2.24) is 10.3 Å². The van der Waals surface area contributed by atoms with Crippen molar-refractivity contribution in [2.45, 2.75) is 30.9 Å². The highest BCUT2D eigenvalue weighted by atomic mass is 35.5. The fraction of sp³-hybridized carbons (Fsp3) is 0.421. The molecule has 2 nitrogen and oxygen atoms in total. The SMILES string of the molecule is Cl.FC(F)(F)c1ccc(-c2cccc(C3C(F)(F)C34CCNCC4)n2)cc1. The molecule has 2 fully saturated rings. The largest absolute Gasteiger partial charge is 0.416 e. The van der Waals surface area contributed by atoms with Crippen LogP contribution in [-0.2, 0) is 6.18 Å². The molecular formula is C19H18ClF5N2. The number of halogens is 6. The van der Waals surface area contributed by atoms with Crippen LogP contribution in [0.25, 0.3) is 11.3 Å². The van der Waals surface area contributed by atoms with Gasteiger partial charge in [0.15, 0.2) is 0 Å². The molecule has 27 heavy (non-hydrogen) atoms. The first kappa shape index (κ1) is 20.0. The molecule has 1 aliphatic heterocycles. The van der Waals surface area contributed by atoms with Gasteiger partial charge in [0.25, 0.3) is 5.92 Å². The summed E-state index contributed by atoms with van der Waals surface area (Å²) in [7, 11) is 0. The number of hydrogen-bond donors (Lipinski definition) is 1. The predicted molar refractivity (Wildman–Crippen MR) is 94.1 cm³/mol. The zero-order valence-electron chi connectivity index (χ0n) is 14.2. The van der Waals surface area contributed by atoms with Crippen molar-refractivity contribution in [3.8, 4) is 11.3 Å². The van der Waals surface area contributed by atoms with E-state index in [-0.39, 0.29) is 12.4 Å². The van der Waals surface area contributed by atoms with E-state index >= 15 is 0 Å². The second-order valence-electron chi connectivity index (χ2n) is 6.98. The summed E-state index contributed by atoms with van der Waals surface area (Å²) in [4.78, 5) is 4.36. The Labute approximate surface area is 159 Å². The maximum Gasteiger partial charge on any atom is 0.416 e. The van der Waals surface area contributed by atoms with Crippen molar-refractivity contribution < 1.29 is 22.0 Å². The summed E-state index contributed by atoms with van der Waals surface area (Å²) in [5, 5.41) is 3.10. The Balaban J connectivity index is 0.00000210. The van der Waals surface area contributed by atoms with Gasteiger partial charge in [0.2, 0.25) is 0 Å². The number of benzene rings is 1. The first-order valence-electron chi connectivity index (χ1n) is 8.49. The number of nitrogens with one attached hydrogen (secondary N) is 1. The molecule has 1 atom stereocenters. The van der Waals surface area contributed by atoms with E-state index in [0.29, 0.717) is 42.9 Å². The molecule has 0 amide bonds. The minimum atomic E-state index is -4.41. The smallest absolute Gasteiger partial charge is 0.317 e. The van der Waals surface area contributed by atoms with Crippen LogP contribution >= 0.6 is 12.4 Å². The summed E-state index contributed by atoms with van der Waals surface area (Å²) in [5.74, 6) is -3.72. The van der Waals surface area contributed by atoms with Crippen LogP contribution in [0.1, 0.15) is 30.0 Å². The second-order valence-corrected chi connectivity index (χ2v) is 6.98. The van der Waals surface area contributed by atoms with Crippen molar-refractivity contribution in [1.29, 1.82) is 0 Å². The Morgan fingerprint density at radius 3 is 2.19 bits per heavy atom. The van der Waals surface area contributed by atoms with Gasteiger partial charge in [-0.05, 0) is 50.2 Å². The molecule has 1 saturated carbocycles. The molecule has 0 bridgehead atoms. The van der Waals surface area contributed by atoms with Crippen LogP contribution in [0.3, 0.4) is 0 Å². The van der Waals surface area contributed by atoms with E-state index in [2.05, 4.69) is 10.3 Å². The molecule has 2 heterocycles. The second kappa shape index (κ2) is 6.71. The van der Waals surface area contributed by atoms with Crippen LogP contribution in [0.5, 0.6) is 0 Å². The standard InChI is InChI=1S/C19H17F5N2.ClH/c20-18(21)16(17(18)8-10-25-11-9-17)15-3-1-2-14(26-15)12-4-6-13(7-5-12)19(22,23)24;/h1-7,16,25H,8-11H2;1H. The number of nitrogens with zero attached hydrogens (tertiary/aromatic N) is 1. The van der Waals surface area contributed by atoms with Crippen molar-refractivity contribution in [3.63, 3.8) is 0 Å². The van der Waals surface area contributed by atoms with Gasteiger partial charge < -0.3 is 5.32 Å². The monoisotopic (exact) mass is 404 g/mol. The highest BCUT2D eigenvalue weighted by Gasteiger charge is 2.80. The lowest BCUT2D eigenvalue weighted by Crippen LogP contribution is -2.32. The summed E-state index contributed by atoms with van der Waals surface area (Å²) >= 11 is 0. The summed E-state index contributed by atoms with van der Waals surface area (Å²) in [5.41, 5.74) is -0.593. The van der Waals surface area contributed by atoms with Crippen LogP contribution in [0.2, 0.25) is 0 Å². The molecule has 1 unspecified atom stereocenters. The summed E-state index contributed by atoms with van der Waals surface area (Å²) in [6, 6.07) is 9.44. The molecular weight excluding hydrogens is 387 g/mol. The van der Waals surface area contributed by atoms with Crippen molar-refractivity contribution >= 4 is 12.4 Å². The van der Waals surface area contributed by atoms with Gasteiger partial charge in [0.05, 0.1) is 28.3 Å². The third-order valence-corrected chi connectivity index (χ3v) is 5.57. The van der Waals surface area contributed by atoms with Gasteiger partial charge in [-0.25, -0.2) is 8.78 Å². The Kier molecular flexibility index (Phi) is 4.97. The van der Waals surface area contributed by atoms with Crippen LogP contribution in [0.15, 0.2) is 42.5 Å².